The number of halogens is 1. The number of aromatic amines is 1. The maximum absolute atomic E-state index is 11.7. The van der Waals surface area contributed by atoms with Gasteiger partial charge in [0.05, 0.1) is 5.41 Å². The van der Waals surface area contributed by atoms with Crippen LogP contribution in [0.2, 0.25) is 5.02 Å². The van der Waals surface area contributed by atoms with Gasteiger partial charge in [0, 0.05) is 17.4 Å². The lowest BCUT2D eigenvalue weighted by Crippen LogP contribution is -2.09. The summed E-state index contributed by atoms with van der Waals surface area (Å²) in [6, 6.07) is 6.82. The number of imidazole rings is 1. The molecule has 0 atom stereocenters. The molecule has 0 amide bonds. The van der Waals surface area contributed by atoms with Crippen molar-refractivity contribution >= 4 is 33.6 Å². The third kappa shape index (κ3) is 3.61. The molecule has 0 aliphatic heterocycles. The minimum atomic E-state index is -3.57. The topological polar surface area (TPSA) is 74.8 Å². The lowest BCUT2D eigenvalue weighted by Gasteiger charge is -1.99. The summed E-state index contributed by atoms with van der Waals surface area (Å²) in [7, 11) is -3.57. The molecule has 18 heavy (non-hydrogen) atoms. The molecule has 2 N–H and O–H groups in total. The van der Waals surface area contributed by atoms with E-state index in [-0.39, 0.29) is 5.95 Å². The Morgan fingerprint density at radius 3 is 2.61 bits per heavy atom. The van der Waals surface area contributed by atoms with Crippen molar-refractivity contribution in [1.29, 1.82) is 0 Å². The van der Waals surface area contributed by atoms with E-state index in [0.29, 0.717) is 5.02 Å². The second-order valence-electron chi connectivity index (χ2n) is 3.44. The lowest BCUT2D eigenvalue weighted by molar-refractivity contribution is 0.609. The molecule has 0 aliphatic rings. The first kappa shape index (κ1) is 12.7. The van der Waals surface area contributed by atoms with E-state index in [0.717, 1.165) is 11.0 Å². The molecule has 1 aromatic heterocycles. The number of aromatic nitrogens is 2. The summed E-state index contributed by atoms with van der Waals surface area (Å²) >= 11 is 5.73. The first-order chi connectivity index (χ1) is 8.55. The summed E-state index contributed by atoms with van der Waals surface area (Å²) in [5.41, 5.74) is 0.740. The van der Waals surface area contributed by atoms with Crippen LogP contribution >= 0.6 is 11.6 Å². The van der Waals surface area contributed by atoms with Crippen molar-refractivity contribution in [3.05, 3.63) is 52.7 Å². The van der Waals surface area contributed by atoms with E-state index >= 15 is 0 Å². The van der Waals surface area contributed by atoms with Crippen LogP contribution in [-0.4, -0.2) is 18.4 Å². The average Bonchev–Trinajstić information content (AvgIpc) is 2.80. The number of benzene rings is 1. The van der Waals surface area contributed by atoms with E-state index in [9.17, 15) is 8.42 Å². The third-order valence-corrected chi connectivity index (χ3v) is 3.27. The minimum Gasteiger partial charge on any atom is -0.330 e. The molecule has 7 heteroatoms. The molecule has 2 aromatic rings. The Morgan fingerprint density at radius 1 is 1.28 bits per heavy atom. The van der Waals surface area contributed by atoms with Gasteiger partial charge in [-0.3, -0.25) is 0 Å². The average molecular weight is 284 g/mol. The third-order valence-electron chi connectivity index (χ3n) is 2.05. The van der Waals surface area contributed by atoms with Crippen LogP contribution in [0.25, 0.3) is 6.08 Å². The van der Waals surface area contributed by atoms with Crippen LogP contribution < -0.4 is 4.72 Å². The van der Waals surface area contributed by atoms with Gasteiger partial charge in [-0.15, -0.1) is 0 Å². The second kappa shape index (κ2) is 5.24. The molecule has 94 valence electrons. The Morgan fingerprint density at radius 2 is 2.00 bits per heavy atom. The molecule has 0 unspecified atom stereocenters. The van der Waals surface area contributed by atoms with Gasteiger partial charge in [-0.25, -0.2) is 18.1 Å². The Kier molecular flexibility index (Phi) is 3.69. The van der Waals surface area contributed by atoms with Gasteiger partial charge in [0.1, 0.15) is 0 Å². The van der Waals surface area contributed by atoms with Crippen LogP contribution in [0.3, 0.4) is 0 Å². The summed E-state index contributed by atoms with van der Waals surface area (Å²) < 4.78 is 25.6. The van der Waals surface area contributed by atoms with Crippen molar-refractivity contribution in [1.82, 2.24) is 9.97 Å². The van der Waals surface area contributed by atoms with Crippen LogP contribution in [0.5, 0.6) is 0 Å². The molecule has 1 heterocycles. The van der Waals surface area contributed by atoms with Crippen molar-refractivity contribution in [3.63, 3.8) is 0 Å². The highest BCUT2D eigenvalue weighted by Crippen LogP contribution is 2.11. The highest BCUT2D eigenvalue weighted by atomic mass is 35.5. The number of hydrogen-bond acceptors (Lipinski definition) is 3. The number of H-pyrrole nitrogens is 1. The van der Waals surface area contributed by atoms with Gasteiger partial charge in [-0.1, -0.05) is 23.7 Å². The number of nitrogens with zero attached hydrogens (tertiary/aromatic N) is 1. The number of nitrogens with one attached hydrogen (secondary N) is 2. The van der Waals surface area contributed by atoms with Gasteiger partial charge in [-0.05, 0) is 23.8 Å². The van der Waals surface area contributed by atoms with Crippen LogP contribution in [-0.2, 0) is 10.0 Å². The smallest absolute Gasteiger partial charge is 0.257 e. The standard InChI is InChI=1S/C11H10ClN3O2S/c12-10-3-1-9(2-4-10)5-8-18(16,17)15-11-13-6-7-14-11/h1-8H,(H2,13,14,15). The summed E-state index contributed by atoms with van der Waals surface area (Å²) in [4.78, 5) is 6.42. The van der Waals surface area contributed by atoms with Gasteiger partial charge >= 0.3 is 0 Å². The molecule has 0 radical (unpaired) electrons. The molecular formula is C11H10ClN3O2S. The molecule has 0 aliphatic carbocycles. The Balaban J connectivity index is 2.10. The minimum absolute atomic E-state index is 0.177. The van der Waals surface area contributed by atoms with E-state index in [1.165, 1.54) is 18.5 Å². The molecule has 5 nitrogen and oxygen atoms in total. The zero-order chi connectivity index (χ0) is 13.0. The fraction of sp³-hybridized carbons (Fsp3) is 0. The van der Waals surface area contributed by atoms with E-state index in [2.05, 4.69) is 14.7 Å². The lowest BCUT2D eigenvalue weighted by atomic mass is 10.2. The largest absolute Gasteiger partial charge is 0.330 e. The Hall–Kier alpha value is -1.79. The molecule has 0 saturated heterocycles. The van der Waals surface area contributed by atoms with Crippen LogP contribution in [0.1, 0.15) is 5.56 Å². The van der Waals surface area contributed by atoms with E-state index in [1.54, 1.807) is 24.3 Å². The summed E-state index contributed by atoms with van der Waals surface area (Å²) in [6.07, 6.45) is 4.46. The maximum atomic E-state index is 11.7. The highest BCUT2D eigenvalue weighted by molar-refractivity contribution is 7.95. The van der Waals surface area contributed by atoms with Crippen LogP contribution in [0.15, 0.2) is 42.1 Å². The van der Waals surface area contributed by atoms with Crippen molar-refractivity contribution in [2.75, 3.05) is 4.72 Å². The van der Waals surface area contributed by atoms with Crippen LogP contribution in [0.4, 0.5) is 5.95 Å². The molecular weight excluding hydrogens is 274 g/mol. The number of hydrogen-bond donors (Lipinski definition) is 2. The van der Waals surface area contributed by atoms with Gasteiger partial charge in [0.2, 0.25) is 5.95 Å². The van der Waals surface area contributed by atoms with Crippen molar-refractivity contribution in [3.8, 4) is 0 Å². The Bertz CT molecular complexity index is 633. The molecule has 0 fully saturated rings. The molecule has 0 bridgehead atoms. The van der Waals surface area contributed by atoms with Gasteiger partial charge < -0.3 is 4.98 Å². The predicted molar refractivity (Wildman–Crippen MR) is 71.6 cm³/mol. The molecule has 0 saturated carbocycles. The fourth-order valence-corrected chi connectivity index (χ4v) is 2.14. The first-order valence-electron chi connectivity index (χ1n) is 5.01. The summed E-state index contributed by atoms with van der Waals surface area (Å²) in [5, 5.41) is 1.67. The normalized spacial score (nSPS) is 11.8. The quantitative estimate of drug-likeness (QED) is 0.905. The number of sulfonamides is 1. The molecule has 2 rings (SSSR count). The van der Waals surface area contributed by atoms with E-state index in [1.807, 2.05) is 0 Å². The van der Waals surface area contributed by atoms with Gasteiger partial charge in [0.25, 0.3) is 10.0 Å². The SMILES string of the molecule is O=S(=O)(C=Cc1ccc(Cl)cc1)Nc1ncc[nH]1. The zero-order valence-corrected chi connectivity index (χ0v) is 10.7. The first-order valence-corrected chi connectivity index (χ1v) is 6.93. The van der Waals surface area contributed by atoms with Crippen molar-refractivity contribution in [2.45, 2.75) is 0 Å². The molecule has 1 aromatic carbocycles. The van der Waals surface area contributed by atoms with Gasteiger partial charge in [0.15, 0.2) is 0 Å². The fourth-order valence-electron chi connectivity index (χ4n) is 1.23. The summed E-state index contributed by atoms with van der Waals surface area (Å²) in [5.74, 6) is 0.177. The zero-order valence-electron chi connectivity index (χ0n) is 9.17. The maximum Gasteiger partial charge on any atom is 0.257 e. The predicted octanol–water partition coefficient (Wildman–Crippen LogP) is 2.48. The molecule has 0 spiro atoms. The van der Waals surface area contributed by atoms with Crippen LogP contribution in [0, 0.1) is 0 Å². The monoisotopic (exact) mass is 283 g/mol. The number of rotatable bonds is 4. The highest BCUT2D eigenvalue weighted by Gasteiger charge is 2.06. The van der Waals surface area contributed by atoms with Gasteiger partial charge in [-0.2, -0.15) is 0 Å². The van der Waals surface area contributed by atoms with E-state index < -0.39 is 10.0 Å². The van der Waals surface area contributed by atoms with E-state index in [4.69, 9.17) is 11.6 Å². The van der Waals surface area contributed by atoms with Crippen molar-refractivity contribution in [2.24, 2.45) is 0 Å². The number of anilines is 1. The van der Waals surface area contributed by atoms with Crippen molar-refractivity contribution < 1.29 is 8.42 Å². The summed E-state index contributed by atoms with van der Waals surface area (Å²) in [6.45, 7) is 0. The Labute approximate surface area is 110 Å². The second-order valence-corrected chi connectivity index (χ2v) is 5.44.